The molecule has 2 aromatic heterocycles. The largest absolute Gasteiger partial charge is 0.315 e. The molecule has 3 rings (SSSR count). The zero-order valence-electron chi connectivity index (χ0n) is 13.9. The zero-order valence-corrected chi connectivity index (χ0v) is 14.7. The molecule has 128 valence electrons. The van der Waals surface area contributed by atoms with Crippen molar-refractivity contribution in [2.45, 2.75) is 13.8 Å². The predicted molar refractivity (Wildman–Crippen MR) is 98.0 cm³/mol. The van der Waals surface area contributed by atoms with Crippen molar-refractivity contribution in [1.82, 2.24) is 25.0 Å². The van der Waals surface area contributed by atoms with E-state index in [0.717, 1.165) is 22.6 Å². The normalized spacial score (nSPS) is 16.5. The van der Waals surface area contributed by atoms with Gasteiger partial charge in [0.15, 0.2) is 5.11 Å². The van der Waals surface area contributed by atoms with Crippen LogP contribution < -0.4 is 5.32 Å². The number of aromatic nitrogens is 3. The number of hydrogen-bond acceptors (Lipinski definition) is 4. The van der Waals surface area contributed by atoms with Crippen molar-refractivity contribution in [1.29, 1.82) is 0 Å². The maximum Gasteiger partial charge on any atom is 0.265 e. The fourth-order valence-corrected chi connectivity index (χ4v) is 3.09. The minimum atomic E-state index is -0.497. The second-order valence-electron chi connectivity index (χ2n) is 5.64. The standard InChI is InChI=1S/C17H17N5O2S/c1-4-5-21-16(24)14(15(23)20-17(21)25)7-12-6-10(2)22(11(12)3)13-8-18-19-9-13/h4,6-9H,1,5H2,2-3H3,(H,18,19)(H,20,23,25). The molecule has 0 radical (unpaired) electrons. The Kier molecular flexibility index (Phi) is 4.37. The molecular formula is C17H17N5O2S. The van der Waals surface area contributed by atoms with Gasteiger partial charge in [-0.1, -0.05) is 6.08 Å². The molecule has 0 atom stereocenters. The first-order valence-electron chi connectivity index (χ1n) is 7.62. The summed E-state index contributed by atoms with van der Waals surface area (Å²) in [6.45, 7) is 7.72. The molecule has 0 aliphatic carbocycles. The van der Waals surface area contributed by atoms with Crippen molar-refractivity contribution in [2.75, 3.05) is 6.54 Å². The minimum absolute atomic E-state index is 0.0443. The smallest absolute Gasteiger partial charge is 0.265 e. The van der Waals surface area contributed by atoms with Gasteiger partial charge in [0.2, 0.25) is 0 Å². The van der Waals surface area contributed by atoms with Crippen LogP contribution in [0.5, 0.6) is 0 Å². The van der Waals surface area contributed by atoms with Gasteiger partial charge < -0.3 is 4.57 Å². The van der Waals surface area contributed by atoms with Crippen molar-refractivity contribution >= 4 is 35.2 Å². The third-order valence-corrected chi connectivity index (χ3v) is 4.33. The van der Waals surface area contributed by atoms with Gasteiger partial charge in [0.25, 0.3) is 11.8 Å². The van der Waals surface area contributed by atoms with E-state index in [1.165, 1.54) is 4.90 Å². The van der Waals surface area contributed by atoms with Crippen molar-refractivity contribution in [3.05, 3.63) is 53.6 Å². The molecule has 0 aromatic carbocycles. The Labute approximate surface area is 150 Å². The fourth-order valence-electron chi connectivity index (χ4n) is 2.84. The molecule has 0 bridgehead atoms. The van der Waals surface area contributed by atoms with Crippen LogP contribution in [-0.4, -0.2) is 43.1 Å². The lowest BCUT2D eigenvalue weighted by Crippen LogP contribution is -2.53. The molecule has 2 aromatic rings. The molecule has 2 N–H and O–H groups in total. The number of amides is 2. The van der Waals surface area contributed by atoms with Gasteiger partial charge >= 0.3 is 0 Å². The average molecular weight is 355 g/mol. The van der Waals surface area contributed by atoms with E-state index in [0.29, 0.717) is 0 Å². The SMILES string of the molecule is C=CCN1C(=O)C(=Cc2cc(C)n(-c3cn[nH]c3)c2C)C(=O)NC1=S. The van der Waals surface area contributed by atoms with Crippen molar-refractivity contribution < 1.29 is 9.59 Å². The second-order valence-corrected chi connectivity index (χ2v) is 6.03. The van der Waals surface area contributed by atoms with Crippen LogP contribution in [0.4, 0.5) is 0 Å². The van der Waals surface area contributed by atoms with E-state index in [1.807, 2.05) is 24.5 Å². The Morgan fingerprint density at radius 2 is 2.12 bits per heavy atom. The van der Waals surface area contributed by atoms with Crippen LogP contribution in [0.3, 0.4) is 0 Å². The molecule has 2 amide bonds. The summed E-state index contributed by atoms with van der Waals surface area (Å²) in [4.78, 5) is 26.2. The molecule has 1 saturated heterocycles. The maximum absolute atomic E-state index is 12.6. The second kappa shape index (κ2) is 6.48. The number of thiocarbonyl (C=S) groups is 1. The molecule has 8 heteroatoms. The first-order valence-corrected chi connectivity index (χ1v) is 8.02. The lowest BCUT2D eigenvalue weighted by atomic mass is 10.1. The van der Waals surface area contributed by atoms with Gasteiger partial charge in [-0.2, -0.15) is 5.10 Å². The van der Waals surface area contributed by atoms with E-state index < -0.39 is 11.8 Å². The summed E-state index contributed by atoms with van der Waals surface area (Å²) in [5.74, 6) is -0.926. The number of H-pyrrole nitrogens is 1. The number of rotatable bonds is 4. The number of carbonyl (C=O) groups is 2. The lowest BCUT2D eigenvalue weighted by molar-refractivity contribution is -0.128. The molecule has 1 aliphatic heterocycles. The van der Waals surface area contributed by atoms with Gasteiger partial charge in [-0.05, 0) is 43.8 Å². The van der Waals surface area contributed by atoms with Crippen LogP contribution in [0.25, 0.3) is 11.8 Å². The zero-order chi connectivity index (χ0) is 18.1. The van der Waals surface area contributed by atoms with Crippen molar-refractivity contribution in [3.8, 4) is 5.69 Å². The van der Waals surface area contributed by atoms with Gasteiger partial charge in [-0.15, -0.1) is 6.58 Å². The highest BCUT2D eigenvalue weighted by atomic mass is 32.1. The Hall–Kier alpha value is -3.00. The summed E-state index contributed by atoms with van der Waals surface area (Å²) in [5.41, 5.74) is 3.57. The Bertz CT molecular complexity index is 908. The molecule has 3 heterocycles. The summed E-state index contributed by atoms with van der Waals surface area (Å²) >= 11 is 5.05. The maximum atomic E-state index is 12.6. The lowest BCUT2D eigenvalue weighted by Gasteiger charge is -2.27. The van der Waals surface area contributed by atoms with Gasteiger partial charge in [0, 0.05) is 24.1 Å². The number of hydrogen-bond donors (Lipinski definition) is 2. The van der Waals surface area contributed by atoms with Crippen molar-refractivity contribution in [3.63, 3.8) is 0 Å². The molecule has 0 unspecified atom stereocenters. The summed E-state index contributed by atoms with van der Waals surface area (Å²) < 4.78 is 1.99. The third-order valence-electron chi connectivity index (χ3n) is 4.01. The molecule has 0 saturated carbocycles. The van der Waals surface area contributed by atoms with Crippen LogP contribution in [-0.2, 0) is 9.59 Å². The summed E-state index contributed by atoms with van der Waals surface area (Å²) in [6, 6.07) is 1.92. The van der Waals surface area contributed by atoms with Crippen LogP contribution in [0.15, 0.2) is 36.7 Å². The van der Waals surface area contributed by atoms with Gasteiger partial charge in [-0.3, -0.25) is 24.9 Å². The fraction of sp³-hybridized carbons (Fsp3) is 0.176. The van der Waals surface area contributed by atoms with Crippen LogP contribution in [0.1, 0.15) is 17.0 Å². The van der Waals surface area contributed by atoms with Crippen LogP contribution in [0, 0.1) is 13.8 Å². The quantitative estimate of drug-likeness (QED) is 0.378. The van der Waals surface area contributed by atoms with E-state index in [9.17, 15) is 9.59 Å². The van der Waals surface area contributed by atoms with Crippen molar-refractivity contribution in [2.24, 2.45) is 0 Å². The summed E-state index contributed by atoms with van der Waals surface area (Å²) in [5, 5.41) is 9.37. The third kappa shape index (κ3) is 2.91. The highest BCUT2D eigenvalue weighted by Crippen LogP contribution is 2.23. The molecule has 1 aliphatic rings. The average Bonchev–Trinajstić information content (AvgIpc) is 3.16. The van der Waals surface area contributed by atoms with E-state index in [4.69, 9.17) is 12.2 Å². The number of aromatic amines is 1. The number of aryl methyl sites for hydroxylation is 1. The van der Waals surface area contributed by atoms with Gasteiger partial charge in [0.05, 0.1) is 11.9 Å². The van der Waals surface area contributed by atoms with E-state index in [-0.39, 0.29) is 17.2 Å². The molecular weight excluding hydrogens is 338 g/mol. The molecule has 25 heavy (non-hydrogen) atoms. The minimum Gasteiger partial charge on any atom is -0.315 e. The van der Waals surface area contributed by atoms with E-state index in [2.05, 4.69) is 22.1 Å². The van der Waals surface area contributed by atoms with Crippen LogP contribution in [0.2, 0.25) is 0 Å². The molecule has 7 nitrogen and oxygen atoms in total. The molecule has 1 fully saturated rings. The van der Waals surface area contributed by atoms with E-state index in [1.54, 1.807) is 24.5 Å². The summed E-state index contributed by atoms with van der Waals surface area (Å²) in [6.07, 6.45) is 6.64. The number of nitrogens with zero attached hydrogens (tertiary/aromatic N) is 3. The first kappa shape index (κ1) is 16.8. The highest BCUT2D eigenvalue weighted by molar-refractivity contribution is 7.80. The summed E-state index contributed by atoms with van der Waals surface area (Å²) in [7, 11) is 0. The van der Waals surface area contributed by atoms with E-state index >= 15 is 0 Å². The first-order chi connectivity index (χ1) is 11.9. The molecule has 0 spiro atoms. The predicted octanol–water partition coefficient (Wildman–Crippen LogP) is 1.63. The topological polar surface area (TPSA) is 83.0 Å². The Morgan fingerprint density at radius 3 is 2.76 bits per heavy atom. The van der Waals surface area contributed by atoms with Gasteiger partial charge in [0.1, 0.15) is 5.57 Å². The van der Waals surface area contributed by atoms with Crippen LogP contribution >= 0.6 is 12.2 Å². The van der Waals surface area contributed by atoms with Gasteiger partial charge in [-0.25, -0.2) is 0 Å². The number of nitrogens with one attached hydrogen (secondary N) is 2. The Morgan fingerprint density at radius 1 is 1.36 bits per heavy atom. The Balaban J connectivity index is 2.04. The highest BCUT2D eigenvalue weighted by Gasteiger charge is 2.32. The number of carbonyl (C=O) groups excluding carboxylic acids is 2. The monoisotopic (exact) mass is 355 g/mol.